The van der Waals surface area contributed by atoms with Crippen molar-refractivity contribution < 1.29 is 19.7 Å². The van der Waals surface area contributed by atoms with Gasteiger partial charge in [0.2, 0.25) is 0 Å². The van der Waals surface area contributed by atoms with Crippen molar-refractivity contribution in [2.24, 2.45) is 5.84 Å². The number of phenols is 2. The molecule has 0 spiro atoms. The Morgan fingerprint density at radius 1 is 1.47 bits per heavy atom. The van der Waals surface area contributed by atoms with E-state index in [2.05, 4.69) is 10.2 Å². The summed E-state index contributed by atoms with van der Waals surface area (Å²) in [5, 5.41) is 18.5. The molecule has 1 atom stereocenters. The maximum absolute atomic E-state index is 11.5. The number of nitrogens with two attached hydrogens (primary N) is 1. The minimum absolute atomic E-state index is 0.214. The van der Waals surface area contributed by atoms with Crippen LogP contribution >= 0.6 is 0 Å². The van der Waals surface area contributed by atoms with E-state index in [1.54, 1.807) is 13.0 Å². The molecule has 0 saturated heterocycles. The van der Waals surface area contributed by atoms with Crippen LogP contribution in [0.1, 0.15) is 12.5 Å². The first-order valence-electron chi connectivity index (χ1n) is 5.00. The Hall–Kier alpha value is -1.79. The lowest BCUT2D eigenvalue weighted by Crippen LogP contribution is -2.55. The minimum Gasteiger partial charge on any atom is -0.504 e. The summed E-state index contributed by atoms with van der Waals surface area (Å²) in [6.45, 7) is 1.59. The first-order valence-corrected chi connectivity index (χ1v) is 5.00. The summed E-state index contributed by atoms with van der Waals surface area (Å²) in [6.07, 6.45) is 0.226. The number of hydrogen-bond acceptors (Lipinski definition) is 6. The number of hydrogen-bond donors (Lipinski definition) is 4. The molecule has 1 aromatic carbocycles. The van der Waals surface area contributed by atoms with Gasteiger partial charge in [-0.3, -0.25) is 10.6 Å². The fraction of sp³-hybridized carbons (Fsp3) is 0.364. The Morgan fingerprint density at radius 2 is 2.12 bits per heavy atom. The molecule has 0 heterocycles. The maximum atomic E-state index is 11.5. The van der Waals surface area contributed by atoms with Gasteiger partial charge < -0.3 is 14.9 Å². The highest BCUT2D eigenvalue weighted by atomic mass is 16.5. The third kappa shape index (κ3) is 2.86. The smallest absolute Gasteiger partial charge is 0.327 e. The summed E-state index contributed by atoms with van der Waals surface area (Å²) >= 11 is 0. The Bertz CT molecular complexity index is 422. The molecule has 0 aromatic heterocycles. The highest BCUT2D eigenvalue weighted by molar-refractivity contribution is 5.80. The Morgan fingerprint density at radius 3 is 2.59 bits per heavy atom. The normalized spacial score (nSPS) is 14.1. The molecule has 1 rings (SSSR count). The molecular weight excluding hydrogens is 224 g/mol. The van der Waals surface area contributed by atoms with E-state index in [0.717, 1.165) is 0 Å². The van der Waals surface area contributed by atoms with E-state index in [4.69, 9.17) is 5.84 Å². The van der Waals surface area contributed by atoms with E-state index in [0.29, 0.717) is 5.56 Å². The van der Waals surface area contributed by atoms with Gasteiger partial charge in [-0.15, -0.1) is 0 Å². The highest BCUT2D eigenvalue weighted by Crippen LogP contribution is 2.26. The van der Waals surface area contributed by atoms with E-state index in [-0.39, 0.29) is 17.9 Å². The maximum Gasteiger partial charge on any atom is 0.327 e. The van der Waals surface area contributed by atoms with Crippen molar-refractivity contribution in [3.05, 3.63) is 23.8 Å². The number of benzene rings is 1. The molecule has 0 amide bonds. The van der Waals surface area contributed by atoms with Crippen molar-refractivity contribution >= 4 is 5.97 Å². The lowest BCUT2D eigenvalue weighted by atomic mass is 9.93. The van der Waals surface area contributed by atoms with Crippen LogP contribution in [0.25, 0.3) is 0 Å². The van der Waals surface area contributed by atoms with E-state index >= 15 is 0 Å². The molecule has 0 unspecified atom stereocenters. The lowest BCUT2D eigenvalue weighted by Gasteiger charge is -2.25. The molecule has 5 N–H and O–H groups in total. The quantitative estimate of drug-likeness (QED) is 0.256. The second kappa shape index (κ2) is 5.03. The van der Waals surface area contributed by atoms with Gasteiger partial charge in [0.25, 0.3) is 0 Å². The van der Waals surface area contributed by atoms with E-state index < -0.39 is 11.5 Å². The second-order valence-electron chi connectivity index (χ2n) is 3.97. The molecule has 6 nitrogen and oxygen atoms in total. The molecule has 0 radical (unpaired) electrons. The van der Waals surface area contributed by atoms with E-state index in [9.17, 15) is 15.0 Å². The van der Waals surface area contributed by atoms with Gasteiger partial charge in [-0.1, -0.05) is 6.07 Å². The van der Waals surface area contributed by atoms with Crippen LogP contribution in [0, 0.1) is 0 Å². The summed E-state index contributed by atoms with van der Waals surface area (Å²) in [7, 11) is 1.27. The molecule has 17 heavy (non-hydrogen) atoms. The number of phenolic OH excluding ortho intramolecular Hbond substituents is 2. The summed E-state index contributed by atoms with van der Waals surface area (Å²) in [4.78, 5) is 11.5. The van der Waals surface area contributed by atoms with Gasteiger partial charge >= 0.3 is 5.97 Å². The third-order valence-electron chi connectivity index (χ3n) is 2.55. The molecule has 1 aromatic rings. The van der Waals surface area contributed by atoms with Crippen molar-refractivity contribution in [2.75, 3.05) is 7.11 Å². The molecule has 0 fully saturated rings. The number of hydrazine groups is 1. The monoisotopic (exact) mass is 240 g/mol. The number of esters is 1. The zero-order valence-electron chi connectivity index (χ0n) is 9.73. The summed E-state index contributed by atoms with van der Waals surface area (Å²) in [5.74, 6) is 4.37. The van der Waals surface area contributed by atoms with Crippen LogP contribution in [0.5, 0.6) is 11.5 Å². The molecule has 0 saturated carbocycles. The zero-order valence-corrected chi connectivity index (χ0v) is 9.73. The number of carbonyl (C=O) groups is 1. The molecular formula is C11H16N2O4. The van der Waals surface area contributed by atoms with Crippen LogP contribution in [-0.4, -0.2) is 28.8 Å². The third-order valence-corrected chi connectivity index (χ3v) is 2.55. The SMILES string of the molecule is COC(=O)[C@@](C)(Cc1ccc(O)c(O)c1)NN. The minimum atomic E-state index is -1.09. The Labute approximate surface area is 99.0 Å². The van der Waals surface area contributed by atoms with Gasteiger partial charge in [-0.2, -0.15) is 0 Å². The van der Waals surface area contributed by atoms with Gasteiger partial charge in [0.1, 0.15) is 5.54 Å². The molecule has 0 aliphatic heterocycles. The number of ether oxygens (including phenoxy) is 1. The predicted octanol–water partition coefficient (Wildman–Crippen LogP) is 0.0353. The summed E-state index contributed by atoms with van der Waals surface area (Å²) < 4.78 is 4.64. The van der Waals surface area contributed by atoms with Crippen LogP contribution < -0.4 is 11.3 Å². The van der Waals surface area contributed by atoms with Crippen LogP contribution in [0.3, 0.4) is 0 Å². The molecule has 0 aliphatic rings. The van der Waals surface area contributed by atoms with Gasteiger partial charge in [-0.25, -0.2) is 5.43 Å². The van der Waals surface area contributed by atoms with Crippen molar-refractivity contribution in [1.29, 1.82) is 0 Å². The zero-order chi connectivity index (χ0) is 13.1. The number of nitrogens with one attached hydrogen (secondary N) is 1. The van der Waals surface area contributed by atoms with Crippen LogP contribution in [0.15, 0.2) is 18.2 Å². The van der Waals surface area contributed by atoms with Gasteiger partial charge in [0.15, 0.2) is 11.5 Å². The standard InChI is InChI=1S/C11H16N2O4/c1-11(13-12,10(16)17-2)6-7-3-4-8(14)9(15)5-7/h3-5,13-15H,6,12H2,1-2H3/t11-/m1/s1. The first kappa shape index (κ1) is 13.3. The molecule has 0 aliphatic carbocycles. The van der Waals surface area contributed by atoms with Crippen LogP contribution in [0.2, 0.25) is 0 Å². The fourth-order valence-electron chi connectivity index (χ4n) is 1.49. The van der Waals surface area contributed by atoms with Crippen molar-refractivity contribution in [1.82, 2.24) is 5.43 Å². The predicted molar refractivity (Wildman–Crippen MR) is 61.2 cm³/mol. The topological polar surface area (TPSA) is 105 Å². The van der Waals surface area contributed by atoms with Crippen molar-refractivity contribution in [3.8, 4) is 11.5 Å². The van der Waals surface area contributed by atoms with E-state index in [1.165, 1.54) is 19.2 Å². The van der Waals surface area contributed by atoms with Gasteiger partial charge in [0, 0.05) is 6.42 Å². The fourth-order valence-corrected chi connectivity index (χ4v) is 1.49. The Kier molecular flexibility index (Phi) is 3.93. The average molecular weight is 240 g/mol. The molecule has 94 valence electrons. The largest absolute Gasteiger partial charge is 0.504 e. The number of rotatable bonds is 4. The molecule has 6 heteroatoms. The van der Waals surface area contributed by atoms with E-state index in [1.807, 2.05) is 0 Å². The van der Waals surface area contributed by atoms with Gasteiger partial charge in [0.05, 0.1) is 7.11 Å². The average Bonchev–Trinajstić information content (AvgIpc) is 2.32. The van der Waals surface area contributed by atoms with Crippen LogP contribution in [0.4, 0.5) is 0 Å². The summed E-state index contributed by atoms with van der Waals surface area (Å²) in [5.41, 5.74) is 1.95. The van der Waals surface area contributed by atoms with Crippen molar-refractivity contribution in [3.63, 3.8) is 0 Å². The number of carbonyl (C=O) groups excluding carboxylic acids is 1. The first-order chi connectivity index (χ1) is 7.92. The second-order valence-corrected chi connectivity index (χ2v) is 3.97. The molecule has 0 bridgehead atoms. The van der Waals surface area contributed by atoms with Gasteiger partial charge in [-0.05, 0) is 24.6 Å². The number of methoxy groups -OCH3 is 1. The Balaban J connectivity index is 2.95. The summed E-state index contributed by atoms with van der Waals surface area (Å²) in [6, 6.07) is 4.31. The highest BCUT2D eigenvalue weighted by Gasteiger charge is 2.33. The number of aromatic hydroxyl groups is 2. The van der Waals surface area contributed by atoms with Crippen LogP contribution in [-0.2, 0) is 16.0 Å². The van der Waals surface area contributed by atoms with Crippen molar-refractivity contribution in [2.45, 2.75) is 18.9 Å². The lowest BCUT2D eigenvalue weighted by molar-refractivity contribution is -0.147.